The largest absolute Gasteiger partial charge is 0.444 e. The Morgan fingerprint density at radius 1 is 1.26 bits per heavy atom. The molecule has 0 bridgehead atoms. The van der Waals surface area contributed by atoms with Crippen LogP contribution in [0.3, 0.4) is 0 Å². The van der Waals surface area contributed by atoms with Gasteiger partial charge in [-0.1, -0.05) is 18.2 Å². The van der Waals surface area contributed by atoms with Gasteiger partial charge in [-0.05, 0) is 57.6 Å². The molecule has 2 atom stereocenters. The molecule has 0 spiro atoms. The lowest BCUT2D eigenvalue weighted by Crippen LogP contribution is -2.44. The van der Waals surface area contributed by atoms with E-state index < -0.39 is 17.6 Å². The predicted octanol–water partition coefficient (Wildman–Crippen LogP) is 2.74. The van der Waals surface area contributed by atoms with Crippen molar-refractivity contribution in [1.29, 1.82) is 0 Å². The van der Waals surface area contributed by atoms with Gasteiger partial charge in [-0.3, -0.25) is 4.79 Å². The van der Waals surface area contributed by atoms with E-state index in [0.29, 0.717) is 31.3 Å². The van der Waals surface area contributed by atoms with Crippen LogP contribution in [0.1, 0.15) is 62.2 Å². The van der Waals surface area contributed by atoms with Crippen LogP contribution in [-0.2, 0) is 4.74 Å². The van der Waals surface area contributed by atoms with Gasteiger partial charge in [0.25, 0.3) is 0 Å². The number of carbonyl (C=O) groups is 2. The quantitative estimate of drug-likeness (QED) is 0.564. The molecule has 182 valence electrons. The lowest BCUT2D eigenvalue weighted by Gasteiger charge is -2.28. The monoisotopic (exact) mass is 468 g/mol. The van der Waals surface area contributed by atoms with E-state index in [9.17, 15) is 9.59 Å². The second-order valence-electron chi connectivity index (χ2n) is 9.73. The number of carbonyl (C=O) groups excluding carboxylic acids is 2. The van der Waals surface area contributed by atoms with Crippen molar-refractivity contribution in [2.45, 2.75) is 63.6 Å². The summed E-state index contributed by atoms with van der Waals surface area (Å²) in [5.41, 5.74) is 6.81. The minimum Gasteiger partial charge on any atom is -0.444 e. The Kier molecular flexibility index (Phi) is 6.76. The van der Waals surface area contributed by atoms with Crippen LogP contribution in [0.4, 0.5) is 4.79 Å². The fourth-order valence-electron chi connectivity index (χ4n) is 4.14. The first kappa shape index (κ1) is 23.6. The molecule has 1 saturated heterocycles. The molecule has 2 aliphatic rings. The van der Waals surface area contributed by atoms with E-state index >= 15 is 0 Å². The number of benzene rings is 1. The fraction of sp³-hybridized carbons (Fsp3) is 0.500. The van der Waals surface area contributed by atoms with Crippen LogP contribution in [0.15, 0.2) is 41.1 Å². The maximum absolute atomic E-state index is 12.9. The number of ether oxygens (including phenoxy) is 1. The van der Waals surface area contributed by atoms with Crippen LogP contribution >= 0.6 is 0 Å². The highest BCUT2D eigenvalue weighted by Crippen LogP contribution is 2.44. The molecule has 0 unspecified atom stereocenters. The minimum atomic E-state index is -0.621. The molecule has 4 rings (SSSR count). The number of rotatable bonds is 7. The lowest BCUT2D eigenvalue weighted by atomic mass is 10.0. The Balaban J connectivity index is 1.43. The standard InChI is InChI=1S/C24H32N6O4/c1-24(2,3)34-23(32)30-14-16(12-17(30)13-26-11-10-25)27-20(31)22-29-28-21(33-22)19-7-5-4-6-18(19)15-8-9-15/h4-7,10-11,15-17,26H,8-9,12-14,25H2,1-3H3,(H,27,31)/b11-10-/t16-,17+/m1/s1. The molecule has 0 radical (unpaired) electrons. The summed E-state index contributed by atoms with van der Waals surface area (Å²) in [6, 6.07) is 7.44. The van der Waals surface area contributed by atoms with Gasteiger partial charge < -0.3 is 30.4 Å². The van der Waals surface area contributed by atoms with Crippen molar-refractivity contribution in [2.75, 3.05) is 13.1 Å². The van der Waals surface area contributed by atoms with Crippen molar-refractivity contribution in [1.82, 2.24) is 25.7 Å². The van der Waals surface area contributed by atoms with E-state index in [1.807, 2.05) is 39.0 Å². The number of hydrogen-bond donors (Lipinski definition) is 3. The van der Waals surface area contributed by atoms with Crippen LogP contribution in [-0.4, -0.2) is 57.9 Å². The van der Waals surface area contributed by atoms with Gasteiger partial charge in [0.2, 0.25) is 5.89 Å². The van der Waals surface area contributed by atoms with E-state index in [1.54, 1.807) is 11.1 Å². The third-order valence-electron chi connectivity index (χ3n) is 5.77. The molecule has 1 aromatic carbocycles. The molecule has 2 fully saturated rings. The average Bonchev–Trinajstić information content (AvgIpc) is 3.36. The number of nitrogens with two attached hydrogens (primary N) is 1. The van der Waals surface area contributed by atoms with Crippen molar-refractivity contribution in [3.63, 3.8) is 0 Å². The van der Waals surface area contributed by atoms with Gasteiger partial charge in [0.1, 0.15) is 5.60 Å². The molecule has 2 aromatic rings. The fourth-order valence-corrected chi connectivity index (χ4v) is 4.14. The molecule has 2 heterocycles. The zero-order chi connectivity index (χ0) is 24.3. The Hall–Kier alpha value is -3.56. The van der Waals surface area contributed by atoms with Gasteiger partial charge in [0, 0.05) is 37.1 Å². The molecule has 1 aliphatic carbocycles. The molecule has 1 saturated carbocycles. The maximum Gasteiger partial charge on any atom is 0.410 e. The summed E-state index contributed by atoms with van der Waals surface area (Å²) >= 11 is 0. The second-order valence-corrected chi connectivity index (χ2v) is 9.73. The summed E-state index contributed by atoms with van der Waals surface area (Å²) in [5, 5.41) is 14.1. The van der Waals surface area contributed by atoms with Gasteiger partial charge in [-0.15, -0.1) is 10.2 Å². The van der Waals surface area contributed by atoms with Gasteiger partial charge in [0.05, 0.1) is 6.04 Å². The minimum absolute atomic E-state index is 0.0999. The topological polar surface area (TPSA) is 136 Å². The summed E-state index contributed by atoms with van der Waals surface area (Å²) < 4.78 is 11.3. The van der Waals surface area contributed by atoms with Crippen molar-refractivity contribution in [2.24, 2.45) is 5.73 Å². The number of likely N-dealkylation sites (tertiary alicyclic amines) is 1. The third-order valence-corrected chi connectivity index (χ3v) is 5.77. The van der Waals surface area contributed by atoms with Gasteiger partial charge in [-0.25, -0.2) is 4.79 Å². The zero-order valence-corrected chi connectivity index (χ0v) is 19.8. The Morgan fingerprint density at radius 3 is 2.74 bits per heavy atom. The molecule has 2 amide bonds. The van der Waals surface area contributed by atoms with Gasteiger partial charge >= 0.3 is 17.9 Å². The normalized spacial score (nSPS) is 20.5. The first-order valence-electron chi connectivity index (χ1n) is 11.6. The van der Waals surface area contributed by atoms with E-state index in [0.717, 1.165) is 18.4 Å². The molecule has 10 nitrogen and oxygen atoms in total. The molecule has 1 aromatic heterocycles. The first-order chi connectivity index (χ1) is 16.2. The zero-order valence-electron chi connectivity index (χ0n) is 19.8. The molecule has 1 aliphatic heterocycles. The van der Waals surface area contributed by atoms with E-state index in [1.165, 1.54) is 11.8 Å². The molecule has 10 heteroatoms. The maximum atomic E-state index is 12.9. The Labute approximate surface area is 198 Å². The highest BCUT2D eigenvalue weighted by Gasteiger charge is 2.38. The summed E-state index contributed by atoms with van der Waals surface area (Å²) in [6.07, 6.45) is 5.40. The van der Waals surface area contributed by atoms with Crippen molar-refractivity contribution in [3.8, 4) is 11.5 Å². The second kappa shape index (κ2) is 9.74. The summed E-state index contributed by atoms with van der Waals surface area (Å²) in [6.45, 7) is 6.24. The van der Waals surface area contributed by atoms with Crippen LogP contribution in [0, 0.1) is 0 Å². The summed E-state index contributed by atoms with van der Waals surface area (Å²) in [5.74, 6) is 0.284. The highest BCUT2D eigenvalue weighted by molar-refractivity contribution is 5.90. The lowest BCUT2D eigenvalue weighted by molar-refractivity contribution is 0.0225. The van der Waals surface area contributed by atoms with E-state index in [2.05, 4.69) is 26.9 Å². The summed E-state index contributed by atoms with van der Waals surface area (Å²) in [4.78, 5) is 27.2. The van der Waals surface area contributed by atoms with Crippen LogP contribution in [0.2, 0.25) is 0 Å². The molecular formula is C24H32N6O4. The molecule has 4 N–H and O–H groups in total. The number of aromatic nitrogens is 2. The smallest absolute Gasteiger partial charge is 0.410 e. The SMILES string of the molecule is CC(C)(C)OC(=O)N1C[C@H](NC(=O)c2nnc(-c3ccccc3C3CC3)o2)C[C@H]1CN/C=C\N. The first-order valence-corrected chi connectivity index (χ1v) is 11.6. The Bertz CT molecular complexity index is 1060. The third kappa shape index (κ3) is 5.67. The molecule has 34 heavy (non-hydrogen) atoms. The average molecular weight is 469 g/mol. The summed E-state index contributed by atoms with van der Waals surface area (Å²) in [7, 11) is 0. The van der Waals surface area contributed by atoms with Crippen LogP contribution < -0.4 is 16.4 Å². The van der Waals surface area contributed by atoms with Gasteiger partial charge in [0.15, 0.2) is 0 Å². The van der Waals surface area contributed by atoms with Gasteiger partial charge in [-0.2, -0.15) is 0 Å². The Morgan fingerprint density at radius 2 is 2.03 bits per heavy atom. The van der Waals surface area contributed by atoms with Crippen molar-refractivity contribution in [3.05, 3.63) is 48.1 Å². The molecular weight excluding hydrogens is 436 g/mol. The number of nitrogens with one attached hydrogen (secondary N) is 2. The number of nitrogens with zero attached hydrogens (tertiary/aromatic N) is 3. The number of amides is 2. The van der Waals surface area contributed by atoms with E-state index in [-0.39, 0.29) is 18.0 Å². The van der Waals surface area contributed by atoms with Crippen LogP contribution in [0.5, 0.6) is 0 Å². The highest BCUT2D eigenvalue weighted by atomic mass is 16.6. The predicted molar refractivity (Wildman–Crippen MR) is 126 cm³/mol. The van der Waals surface area contributed by atoms with Crippen molar-refractivity contribution >= 4 is 12.0 Å². The van der Waals surface area contributed by atoms with Crippen molar-refractivity contribution < 1.29 is 18.7 Å². The van der Waals surface area contributed by atoms with Crippen LogP contribution in [0.25, 0.3) is 11.5 Å². The number of hydrogen-bond acceptors (Lipinski definition) is 8. The van der Waals surface area contributed by atoms with E-state index in [4.69, 9.17) is 14.9 Å².